The Morgan fingerprint density at radius 1 is 1.25 bits per heavy atom. The fourth-order valence-corrected chi connectivity index (χ4v) is 2.04. The van der Waals surface area contributed by atoms with E-state index in [0.717, 1.165) is 28.4 Å². The molecule has 0 aliphatic heterocycles. The molecule has 1 aromatic carbocycles. The van der Waals surface area contributed by atoms with Gasteiger partial charge < -0.3 is 0 Å². The van der Waals surface area contributed by atoms with Crippen LogP contribution in [0.15, 0.2) is 36.5 Å². The Bertz CT molecular complexity index is 698. The number of aldehydes is 1. The smallest absolute Gasteiger partial charge is 0.168 e. The third-order valence-corrected chi connectivity index (χ3v) is 2.85. The van der Waals surface area contributed by atoms with E-state index in [1.807, 2.05) is 47.9 Å². The highest BCUT2D eigenvalue weighted by molar-refractivity contribution is 5.95. The van der Waals surface area contributed by atoms with E-state index >= 15 is 0 Å². The molecule has 0 unspecified atom stereocenters. The fourth-order valence-electron chi connectivity index (χ4n) is 2.04. The maximum Gasteiger partial charge on any atom is 0.168 e. The molecule has 0 radical (unpaired) electrons. The summed E-state index contributed by atoms with van der Waals surface area (Å²) in [6.07, 6.45) is 2.74. The summed E-state index contributed by atoms with van der Waals surface area (Å²) in [5, 5.41) is 2.21. The molecule has 2 heterocycles. The van der Waals surface area contributed by atoms with Gasteiger partial charge in [-0.2, -0.15) is 0 Å². The summed E-state index contributed by atoms with van der Waals surface area (Å²) in [6, 6.07) is 10.0. The van der Waals surface area contributed by atoms with E-state index in [4.69, 9.17) is 0 Å². The maximum absolute atomic E-state index is 11.0. The van der Waals surface area contributed by atoms with Gasteiger partial charge in [0.05, 0.1) is 5.69 Å². The van der Waals surface area contributed by atoms with E-state index in [9.17, 15) is 4.79 Å². The number of hydrogen-bond acceptors (Lipinski definition) is 2. The zero-order chi connectivity index (χ0) is 11.1. The average Bonchev–Trinajstić information content (AvgIpc) is 2.65. The molecule has 0 saturated carbocycles. The van der Waals surface area contributed by atoms with Crippen LogP contribution < -0.4 is 0 Å². The lowest BCUT2D eigenvalue weighted by Gasteiger charge is -2.00. The zero-order valence-corrected chi connectivity index (χ0v) is 8.84. The van der Waals surface area contributed by atoms with Gasteiger partial charge in [-0.05, 0) is 18.4 Å². The van der Waals surface area contributed by atoms with Crippen LogP contribution in [0.25, 0.3) is 16.4 Å². The Balaban J connectivity index is 2.57. The molecule has 0 spiro atoms. The minimum atomic E-state index is 0.626. The van der Waals surface area contributed by atoms with Gasteiger partial charge in [-0.25, -0.2) is 4.98 Å². The van der Waals surface area contributed by atoms with Crippen LogP contribution in [0, 0.1) is 6.92 Å². The van der Waals surface area contributed by atoms with E-state index in [0.29, 0.717) is 5.69 Å². The first kappa shape index (κ1) is 9.09. The third-order valence-electron chi connectivity index (χ3n) is 2.85. The van der Waals surface area contributed by atoms with Crippen molar-refractivity contribution in [2.45, 2.75) is 6.92 Å². The fraction of sp³-hybridized carbons (Fsp3) is 0.0769. The zero-order valence-electron chi connectivity index (χ0n) is 8.84. The molecule has 0 amide bonds. The van der Waals surface area contributed by atoms with Crippen LogP contribution in [0.4, 0.5) is 0 Å². The van der Waals surface area contributed by atoms with Gasteiger partial charge >= 0.3 is 0 Å². The lowest BCUT2D eigenvalue weighted by molar-refractivity contribution is 0.111. The van der Waals surface area contributed by atoms with Crippen molar-refractivity contribution in [1.29, 1.82) is 0 Å². The van der Waals surface area contributed by atoms with Gasteiger partial charge in [-0.3, -0.25) is 9.20 Å². The lowest BCUT2D eigenvalue weighted by Crippen LogP contribution is -1.91. The predicted octanol–water partition coefficient (Wildman–Crippen LogP) is 2.61. The molecule has 2 aromatic heterocycles. The Morgan fingerprint density at radius 2 is 2.06 bits per heavy atom. The molecule has 0 aliphatic carbocycles. The summed E-state index contributed by atoms with van der Waals surface area (Å²) in [5.41, 5.74) is 2.24. The maximum atomic E-state index is 11.0. The van der Waals surface area contributed by atoms with Gasteiger partial charge in [0.2, 0.25) is 0 Å². The van der Waals surface area contributed by atoms with Crippen molar-refractivity contribution in [3.05, 3.63) is 47.9 Å². The van der Waals surface area contributed by atoms with Crippen molar-refractivity contribution >= 4 is 22.7 Å². The van der Waals surface area contributed by atoms with Crippen LogP contribution in [0.2, 0.25) is 0 Å². The molecule has 0 fully saturated rings. The van der Waals surface area contributed by atoms with Crippen LogP contribution >= 0.6 is 0 Å². The van der Waals surface area contributed by atoms with E-state index < -0.39 is 0 Å². The summed E-state index contributed by atoms with van der Waals surface area (Å²) in [6.45, 7) is 1.85. The number of aromatic nitrogens is 2. The molecule has 0 N–H and O–H groups in total. The number of fused-ring (bicyclic) bond motifs is 3. The number of aryl methyl sites for hydroxylation is 1. The first-order chi connectivity index (χ1) is 7.81. The van der Waals surface area contributed by atoms with Gasteiger partial charge in [-0.1, -0.05) is 24.3 Å². The highest BCUT2D eigenvalue weighted by Gasteiger charge is 2.09. The van der Waals surface area contributed by atoms with Gasteiger partial charge in [0.1, 0.15) is 11.3 Å². The van der Waals surface area contributed by atoms with Crippen molar-refractivity contribution in [3.63, 3.8) is 0 Å². The molecule has 3 nitrogen and oxygen atoms in total. The number of carbonyl (C=O) groups excluding carboxylic acids is 1. The van der Waals surface area contributed by atoms with Crippen molar-refractivity contribution in [3.8, 4) is 0 Å². The Hall–Kier alpha value is -2.16. The topological polar surface area (TPSA) is 34.4 Å². The van der Waals surface area contributed by atoms with E-state index in [-0.39, 0.29) is 0 Å². The van der Waals surface area contributed by atoms with E-state index in [1.54, 1.807) is 0 Å². The summed E-state index contributed by atoms with van der Waals surface area (Å²) in [4.78, 5) is 15.4. The molecular weight excluding hydrogens is 200 g/mol. The van der Waals surface area contributed by atoms with Crippen LogP contribution in [0.3, 0.4) is 0 Å². The van der Waals surface area contributed by atoms with E-state index in [2.05, 4.69) is 4.98 Å². The minimum Gasteiger partial charge on any atom is -0.297 e. The van der Waals surface area contributed by atoms with Gasteiger partial charge in [0, 0.05) is 11.6 Å². The second-order valence-electron chi connectivity index (χ2n) is 3.80. The molecule has 3 heteroatoms. The predicted molar refractivity (Wildman–Crippen MR) is 62.8 cm³/mol. The Morgan fingerprint density at radius 3 is 2.88 bits per heavy atom. The van der Waals surface area contributed by atoms with E-state index in [1.165, 1.54) is 0 Å². The SMILES string of the molecule is Cc1nc2c3ccccc3ccn2c1C=O. The standard InChI is InChI=1S/C13H10N2O/c1-9-12(8-16)15-7-6-10-4-2-3-5-11(10)13(15)14-9/h2-8H,1H3. The Kier molecular flexibility index (Phi) is 1.80. The number of imidazole rings is 1. The van der Waals surface area contributed by atoms with Crippen molar-refractivity contribution in [1.82, 2.24) is 9.38 Å². The molecule has 0 atom stereocenters. The lowest BCUT2D eigenvalue weighted by atomic mass is 10.2. The van der Waals surface area contributed by atoms with Crippen molar-refractivity contribution in [2.75, 3.05) is 0 Å². The number of rotatable bonds is 1. The minimum absolute atomic E-state index is 0.626. The van der Waals surface area contributed by atoms with Crippen molar-refractivity contribution in [2.24, 2.45) is 0 Å². The largest absolute Gasteiger partial charge is 0.297 e. The second kappa shape index (κ2) is 3.17. The molecule has 0 aliphatic rings. The molecule has 0 saturated heterocycles. The molecular formula is C13H10N2O. The first-order valence-electron chi connectivity index (χ1n) is 5.13. The van der Waals surface area contributed by atoms with Crippen molar-refractivity contribution < 1.29 is 4.79 Å². The average molecular weight is 210 g/mol. The summed E-state index contributed by atoms with van der Waals surface area (Å²) in [5.74, 6) is 0. The highest BCUT2D eigenvalue weighted by atomic mass is 16.1. The molecule has 3 rings (SSSR count). The summed E-state index contributed by atoms with van der Waals surface area (Å²) in [7, 11) is 0. The number of carbonyl (C=O) groups is 1. The molecule has 16 heavy (non-hydrogen) atoms. The number of pyridine rings is 1. The normalized spacial score (nSPS) is 11.1. The summed E-state index contributed by atoms with van der Waals surface area (Å²) >= 11 is 0. The third kappa shape index (κ3) is 1.08. The second-order valence-corrected chi connectivity index (χ2v) is 3.80. The number of nitrogens with zero attached hydrogens (tertiary/aromatic N) is 2. The quantitative estimate of drug-likeness (QED) is 0.578. The highest BCUT2D eigenvalue weighted by Crippen LogP contribution is 2.20. The molecule has 3 aromatic rings. The van der Waals surface area contributed by atoms with Gasteiger partial charge in [0.25, 0.3) is 0 Å². The van der Waals surface area contributed by atoms with Crippen LogP contribution in [0.1, 0.15) is 16.2 Å². The number of benzene rings is 1. The van der Waals surface area contributed by atoms with Gasteiger partial charge in [-0.15, -0.1) is 0 Å². The van der Waals surface area contributed by atoms with Gasteiger partial charge in [0.15, 0.2) is 6.29 Å². The summed E-state index contributed by atoms with van der Waals surface area (Å²) < 4.78 is 1.84. The van der Waals surface area contributed by atoms with Crippen LogP contribution in [-0.4, -0.2) is 15.7 Å². The van der Waals surface area contributed by atoms with Crippen LogP contribution in [-0.2, 0) is 0 Å². The molecule has 78 valence electrons. The Labute approximate surface area is 92.3 Å². The van der Waals surface area contributed by atoms with Crippen LogP contribution in [0.5, 0.6) is 0 Å². The number of hydrogen-bond donors (Lipinski definition) is 0. The monoisotopic (exact) mass is 210 g/mol. The first-order valence-corrected chi connectivity index (χ1v) is 5.13. The molecule has 0 bridgehead atoms.